The summed E-state index contributed by atoms with van der Waals surface area (Å²) in [4.78, 5) is 9.81. The van der Waals surface area contributed by atoms with Gasteiger partial charge in [-0.15, -0.1) is 22.7 Å². The van der Waals surface area contributed by atoms with E-state index in [-0.39, 0.29) is 0 Å². The van der Waals surface area contributed by atoms with E-state index in [2.05, 4.69) is 27.4 Å². The first-order valence-corrected chi connectivity index (χ1v) is 6.84. The molecule has 4 heteroatoms. The highest BCUT2D eigenvalue weighted by Gasteiger charge is 2.18. The molecule has 2 nitrogen and oxygen atoms in total. The average molecular weight is 236 g/mol. The largest absolute Gasteiger partial charge is 0.293 e. The minimum Gasteiger partial charge on any atom is -0.293 e. The summed E-state index contributed by atoms with van der Waals surface area (Å²) in [5.41, 5.74) is 3.29. The second-order valence-corrected chi connectivity index (χ2v) is 5.73. The van der Waals surface area contributed by atoms with Gasteiger partial charge in [-0.25, -0.2) is 4.98 Å². The lowest BCUT2D eigenvalue weighted by molar-refractivity contribution is 0.249. The molecule has 3 heterocycles. The van der Waals surface area contributed by atoms with E-state index in [1.807, 2.05) is 16.8 Å². The number of thiazole rings is 1. The fourth-order valence-corrected chi connectivity index (χ4v) is 3.53. The topological polar surface area (TPSA) is 16.1 Å². The zero-order chi connectivity index (χ0) is 10.1. The molecule has 0 radical (unpaired) electrons. The van der Waals surface area contributed by atoms with Gasteiger partial charge in [-0.3, -0.25) is 4.90 Å². The maximum Gasteiger partial charge on any atom is 0.0798 e. The van der Waals surface area contributed by atoms with Gasteiger partial charge in [-0.05, 0) is 11.4 Å². The molecule has 78 valence electrons. The Morgan fingerprint density at radius 2 is 2.40 bits per heavy atom. The number of aromatic nitrogens is 1. The van der Waals surface area contributed by atoms with Gasteiger partial charge in [0.1, 0.15) is 0 Å². The third kappa shape index (κ3) is 1.97. The average Bonchev–Trinajstić information content (AvgIpc) is 2.87. The van der Waals surface area contributed by atoms with Crippen LogP contribution in [0.25, 0.3) is 0 Å². The maximum absolute atomic E-state index is 4.38. The molecular formula is C11H12N2S2. The van der Waals surface area contributed by atoms with Gasteiger partial charge >= 0.3 is 0 Å². The van der Waals surface area contributed by atoms with E-state index in [0.29, 0.717) is 0 Å². The fraction of sp³-hybridized carbons (Fsp3) is 0.364. The Hall–Kier alpha value is -0.710. The minimum absolute atomic E-state index is 1.08. The number of thiophene rings is 1. The molecule has 15 heavy (non-hydrogen) atoms. The molecule has 0 unspecified atom stereocenters. The molecule has 0 aromatic carbocycles. The first-order valence-electron chi connectivity index (χ1n) is 5.08. The van der Waals surface area contributed by atoms with Crippen molar-refractivity contribution in [2.75, 3.05) is 6.54 Å². The van der Waals surface area contributed by atoms with Gasteiger partial charge in [0.2, 0.25) is 0 Å². The second kappa shape index (κ2) is 4.04. The summed E-state index contributed by atoms with van der Waals surface area (Å²) in [6, 6.07) is 4.34. The Kier molecular flexibility index (Phi) is 2.56. The predicted molar refractivity (Wildman–Crippen MR) is 64.3 cm³/mol. The van der Waals surface area contributed by atoms with Crippen LogP contribution in [0.5, 0.6) is 0 Å². The van der Waals surface area contributed by atoms with Gasteiger partial charge in [-0.2, -0.15) is 0 Å². The molecule has 0 spiro atoms. The van der Waals surface area contributed by atoms with Crippen molar-refractivity contribution in [1.29, 1.82) is 0 Å². The van der Waals surface area contributed by atoms with E-state index in [0.717, 1.165) is 26.1 Å². The Bertz CT molecular complexity index is 433. The first kappa shape index (κ1) is 9.51. The smallest absolute Gasteiger partial charge is 0.0798 e. The molecule has 2 aromatic heterocycles. The highest BCUT2D eigenvalue weighted by Crippen LogP contribution is 2.23. The van der Waals surface area contributed by atoms with Crippen molar-refractivity contribution in [2.45, 2.75) is 19.5 Å². The van der Waals surface area contributed by atoms with Crippen molar-refractivity contribution in [3.8, 4) is 0 Å². The van der Waals surface area contributed by atoms with Crippen molar-refractivity contribution in [3.05, 3.63) is 38.5 Å². The van der Waals surface area contributed by atoms with E-state index in [1.165, 1.54) is 15.4 Å². The number of hydrogen-bond donors (Lipinski definition) is 0. The number of nitrogens with zero attached hydrogens (tertiary/aromatic N) is 2. The molecule has 0 bridgehead atoms. The Morgan fingerprint density at radius 1 is 1.40 bits per heavy atom. The molecule has 0 aliphatic carbocycles. The lowest BCUT2D eigenvalue weighted by atomic mass is 10.2. The van der Waals surface area contributed by atoms with Crippen LogP contribution in [0.15, 0.2) is 23.0 Å². The molecule has 3 rings (SSSR count). The summed E-state index contributed by atoms with van der Waals surface area (Å²) < 4.78 is 0. The van der Waals surface area contributed by atoms with E-state index in [4.69, 9.17) is 0 Å². The van der Waals surface area contributed by atoms with Crippen LogP contribution < -0.4 is 0 Å². The molecular weight excluding hydrogens is 224 g/mol. The molecule has 2 aromatic rings. The normalized spacial score (nSPS) is 16.5. The van der Waals surface area contributed by atoms with Gasteiger partial charge in [0.25, 0.3) is 0 Å². The third-order valence-electron chi connectivity index (χ3n) is 2.72. The van der Waals surface area contributed by atoms with Crippen molar-refractivity contribution >= 4 is 22.7 Å². The van der Waals surface area contributed by atoms with Gasteiger partial charge in [0, 0.05) is 35.8 Å². The Labute approximate surface area is 97.2 Å². The van der Waals surface area contributed by atoms with Crippen LogP contribution in [0.3, 0.4) is 0 Å². The Morgan fingerprint density at radius 3 is 3.27 bits per heavy atom. The van der Waals surface area contributed by atoms with Crippen molar-refractivity contribution in [2.24, 2.45) is 0 Å². The third-order valence-corrected chi connectivity index (χ3v) is 4.44. The van der Waals surface area contributed by atoms with Crippen molar-refractivity contribution in [1.82, 2.24) is 9.88 Å². The van der Waals surface area contributed by atoms with E-state index < -0.39 is 0 Å². The minimum atomic E-state index is 1.08. The van der Waals surface area contributed by atoms with Crippen LogP contribution in [-0.2, 0) is 19.5 Å². The summed E-state index contributed by atoms with van der Waals surface area (Å²) in [5.74, 6) is 0. The molecule has 0 saturated heterocycles. The summed E-state index contributed by atoms with van der Waals surface area (Å²) in [7, 11) is 0. The van der Waals surface area contributed by atoms with E-state index in [1.54, 1.807) is 11.3 Å². The Balaban J connectivity index is 1.71. The van der Waals surface area contributed by atoms with Gasteiger partial charge in [0.15, 0.2) is 0 Å². The second-order valence-electron chi connectivity index (χ2n) is 3.76. The maximum atomic E-state index is 4.38. The zero-order valence-corrected chi connectivity index (χ0v) is 9.98. The molecule has 1 aliphatic rings. The van der Waals surface area contributed by atoms with Gasteiger partial charge < -0.3 is 0 Å². The van der Waals surface area contributed by atoms with Crippen molar-refractivity contribution < 1.29 is 0 Å². The molecule has 0 N–H and O–H groups in total. The summed E-state index contributed by atoms with van der Waals surface area (Å²) in [6.45, 7) is 3.32. The quantitative estimate of drug-likeness (QED) is 0.797. The summed E-state index contributed by atoms with van der Waals surface area (Å²) in [5, 5.41) is 2.15. The summed E-state index contributed by atoms with van der Waals surface area (Å²) >= 11 is 3.64. The van der Waals surface area contributed by atoms with Crippen LogP contribution in [-0.4, -0.2) is 16.4 Å². The summed E-state index contributed by atoms with van der Waals surface area (Å²) in [6.07, 6.45) is 1.12. The van der Waals surface area contributed by atoms with Crippen LogP contribution in [0.2, 0.25) is 0 Å². The molecule has 0 amide bonds. The van der Waals surface area contributed by atoms with E-state index in [9.17, 15) is 0 Å². The predicted octanol–water partition coefficient (Wildman–Crippen LogP) is 2.76. The van der Waals surface area contributed by atoms with E-state index >= 15 is 0 Å². The lowest BCUT2D eigenvalue weighted by Gasteiger charge is -2.25. The molecule has 0 fully saturated rings. The van der Waals surface area contributed by atoms with Crippen LogP contribution in [0, 0.1) is 0 Å². The fourth-order valence-electron chi connectivity index (χ4n) is 1.93. The monoisotopic (exact) mass is 236 g/mol. The van der Waals surface area contributed by atoms with Crippen LogP contribution in [0.1, 0.15) is 15.4 Å². The number of fused-ring (bicyclic) bond motifs is 1. The highest BCUT2D eigenvalue weighted by molar-refractivity contribution is 7.10. The zero-order valence-electron chi connectivity index (χ0n) is 8.35. The van der Waals surface area contributed by atoms with Gasteiger partial charge in [-0.1, -0.05) is 6.07 Å². The highest BCUT2D eigenvalue weighted by atomic mass is 32.1. The first-order chi connectivity index (χ1) is 7.42. The molecule has 0 saturated carbocycles. The number of hydrogen-bond acceptors (Lipinski definition) is 4. The lowest BCUT2D eigenvalue weighted by Crippen LogP contribution is -2.29. The SMILES string of the molecule is c1csc(CN2CCc3ncsc3C2)c1. The molecule has 0 atom stereocenters. The standard InChI is InChI=1S/C11H12N2S2/c1-2-9(14-5-1)6-13-4-3-10-11(7-13)15-8-12-10/h1-2,5,8H,3-4,6-7H2. The van der Waals surface area contributed by atoms with Crippen molar-refractivity contribution in [3.63, 3.8) is 0 Å². The van der Waals surface area contributed by atoms with Crippen LogP contribution in [0.4, 0.5) is 0 Å². The van der Waals surface area contributed by atoms with Gasteiger partial charge in [0.05, 0.1) is 11.2 Å². The molecule has 1 aliphatic heterocycles. The van der Waals surface area contributed by atoms with Crippen LogP contribution >= 0.6 is 22.7 Å². The number of rotatable bonds is 2.